The van der Waals surface area contributed by atoms with E-state index >= 15 is 0 Å². The Hall–Kier alpha value is -1.68. The summed E-state index contributed by atoms with van der Waals surface area (Å²) in [6.45, 7) is 6.44. The van der Waals surface area contributed by atoms with Gasteiger partial charge in [-0.15, -0.1) is 11.3 Å². The summed E-state index contributed by atoms with van der Waals surface area (Å²) in [4.78, 5) is 2.77. The number of ether oxygens (including phenoxy) is 2. The molecule has 0 amide bonds. The van der Waals surface area contributed by atoms with Gasteiger partial charge in [0.15, 0.2) is 11.5 Å². The summed E-state index contributed by atoms with van der Waals surface area (Å²) in [7, 11) is 3.32. The highest BCUT2D eigenvalue weighted by molar-refractivity contribution is 7.12. The highest BCUT2D eigenvalue weighted by Crippen LogP contribution is 2.35. The fourth-order valence-corrected chi connectivity index (χ4v) is 3.21. The molecule has 0 bridgehead atoms. The molecule has 0 radical (unpaired) electrons. The van der Waals surface area contributed by atoms with Gasteiger partial charge in [0.2, 0.25) is 0 Å². The van der Waals surface area contributed by atoms with Crippen molar-refractivity contribution in [3.63, 3.8) is 0 Å². The largest absolute Gasteiger partial charge is 0.493 e. The second-order valence-corrected chi connectivity index (χ2v) is 6.25. The number of rotatable bonds is 6. The number of hydrogen-bond acceptors (Lipinski definition) is 4. The van der Waals surface area contributed by atoms with Gasteiger partial charge in [-0.2, -0.15) is 0 Å². The summed E-state index contributed by atoms with van der Waals surface area (Å²) in [5, 5.41) is 3.56. The first kappa shape index (κ1) is 15.7. The van der Waals surface area contributed by atoms with Gasteiger partial charge in [0, 0.05) is 21.5 Å². The van der Waals surface area contributed by atoms with Crippen LogP contribution in [-0.2, 0) is 6.42 Å². The van der Waals surface area contributed by atoms with Crippen LogP contribution >= 0.6 is 11.3 Å². The number of aryl methyl sites for hydroxylation is 2. The molecule has 1 atom stereocenters. The van der Waals surface area contributed by atoms with Crippen LogP contribution in [0.1, 0.15) is 35.2 Å². The van der Waals surface area contributed by atoms with Crippen molar-refractivity contribution in [2.45, 2.75) is 33.2 Å². The molecular formula is C17H23NO2S. The van der Waals surface area contributed by atoms with Gasteiger partial charge in [-0.25, -0.2) is 0 Å². The van der Waals surface area contributed by atoms with E-state index in [2.05, 4.69) is 38.2 Å². The zero-order valence-electron chi connectivity index (χ0n) is 13.3. The van der Waals surface area contributed by atoms with E-state index < -0.39 is 0 Å². The van der Waals surface area contributed by atoms with Crippen molar-refractivity contribution in [3.05, 3.63) is 39.6 Å². The normalized spacial score (nSPS) is 12.0. The van der Waals surface area contributed by atoms with Crippen LogP contribution in [0.25, 0.3) is 0 Å². The SMILES string of the molecule is CCc1ccc(C(C)Nc2cc(OC)c(OC)cc2C)s1. The van der Waals surface area contributed by atoms with E-state index in [1.54, 1.807) is 14.2 Å². The summed E-state index contributed by atoms with van der Waals surface area (Å²) in [5.41, 5.74) is 2.22. The van der Waals surface area contributed by atoms with E-state index in [1.165, 1.54) is 9.75 Å². The van der Waals surface area contributed by atoms with Crippen LogP contribution in [0, 0.1) is 6.92 Å². The summed E-state index contributed by atoms with van der Waals surface area (Å²) < 4.78 is 10.7. The molecule has 2 aromatic rings. The molecule has 0 spiro atoms. The minimum Gasteiger partial charge on any atom is -0.493 e. The minimum atomic E-state index is 0.270. The lowest BCUT2D eigenvalue weighted by Gasteiger charge is -2.18. The topological polar surface area (TPSA) is 30.5 Å². The van der Waals surface area contributed by atoms with Gasteiger partial charge in [0.25, 0.3) is 0 Å². The Labute approximate surface area is 130 Å². The first-order chi connectivity index (χ1) is 10.1. The molecule has 2 rings (SSSR count). The Kier molecular flexibility index (Phi) is 5.12. The molecule has 1 unspecified atom stereocenters. The van der Waals surface area contributed by atoms with E-state index in [9.17, 15) is 0 Å². The molecule has 0 saturated heterocycles. The molecule has 0 aliphatic carbocycles. The molecule has 3 nitrogen and oxygen atoms in total. The van der Waals surface area contributed by atoms with Crippen molar-refractivity contribution in [1.82, 2.24) is 0 Å². The van der Waals surface area contributed by atoms with Gasteiger partial charge >= 0.3 is 0 Å². The zero-order valence-corrected chi connectivity index (χ0v) is 14.1. The molecule has 1 aromatic heterocycles. The zero-order chi connectivity index (χ0) is 15.4. The third-order valence-electron chi connectivity index (χ3n) is 3.56. The maximum absolute atomic E-state index is 5.38. The van der Waals surface area contributed by atoms with Crippen LogP contribution in [0.5, 0.6) is 11.5 Å². The van der Waals surface area contributed by atoms with Crippen molar-refractivity contribution in [1.29, 1.82) is 0 Å². The quantitative estimate of drug-likeness (QED) is 0.831. The van der Waals surface area contributed by atoms with Crippen LogP contribution < -0.4 is 14.8 Å². The van der Waals surface area contributed by atoms with Gasteiger partial charge in [-0.05, 0) is 44.0 Å². The summed E-state index contributed by atoms with van der Waals surface area (Å²) in [6, 6.07) is 8.68. The van der Waals surface area contributed by atoms with Gasteiger partial charge in [-0.1, -0.05) is 6.92 Å². The van der Waals surface area contributed by atoms with Crippen LogP contribution in [0.4, 0.5) is 5.69 Å². The Morgan fingerprint density at radius 1 is 1.14 bits per heavy atom. The van der Waals surface area contributed by atoms with E-state index in [0.29, 0.717) is 0 Å². The summed E-state index contributed by atoms with van der Waals surface area (Å²) in [5.74, 6) is 1.51. The molecule has 0 saturated carbocycles. The number of methoxy groups -OCH3 is 2. The van der Waals surface area contributed by atoms with Crippen molar-refractivity contribution in [2.75, 3.05) is 19.5 Å². The molecular weight excluding hydrogens is 282 g/mol. The third-order valence-corrected chi connectivity index (χ3v) is 4.97. The first-order valence-electron chi connectivity index (χ1n) is 7.16. The Morgan fingerprint density at radius 2 is 1.81 bits per heavy atom. The average molecular weight is 305 g/mol. The molecule has 114 valence electrons. The smallest absolute Gasteiger partial charge is 0.162 e. The molecule has 21 heavy (non-hydrogen) atoms. The predicted molar refractivity (Wildman–Crippen MR) is 90.0 cm³/mol. The van der Waals surface area contributed by atoms with Crippen LogP contribution in [-0.4, -0.2) is 14.2 Å². The van der Waals surface area contributed by atoms with Crippen LogP contribution in [0.15, 0.2) is 24.3 Å². The lowest BCUT2D eigenvalue weighted by molar-refractivity contribution is 0.355. The van der Waals surface area contributed by atoms with E-state index in [1.807, 2.05) is 23.5 Å². The maximum Gasteiger partial charge on any atom is 0.162 e. The Balaban J connectivity index is 2.22. The second-order valence-electron chi connectivity index (χ2n) is 5.05. The Morgan fingerprint density at radius 3 is 2.38 bits per heavy atom. The molecule has 1 aromatic carbocycles. The van der Waals surface area contributed by atoms with E-state index in [4.69, 9.17) is 9.47 Å². The standard InChI is InChI=1S/C17H23NO2S/c1-6-13-7-8-17(21-13)12(3)18-14-10-16(20-5)15(19-4)9-11(14)2/h7-10,12,18H,6H2,1-5H3. The number of thiophene rings is 1. The fourth-order valence-electron chi connectivity index (χ4n) is 2.26. The van der Waals surface area contributed by atoms with Gasteiger partial charge in [-0.3, -0.25) is 0 Å². The molecule has 0 aliphatic heterocycles. The second kappa shape index (κ2) is 6.85. The van der Waals surface area contributed by atoms with Gasteiger partial charge in [0.1, 0.15) is 0 Å². The van der Waals surface area contributed by atoms with Gasteiger partial charge < -0.3 is 14.8 Å². The first-order valence-corrected chi connectivity index (χ1v) is 7.98. The van der Waals surface area contributed by atoms with Crippen molar-refractivity contribution in [3.8, 4) is 11.5 Å². The maximum atomic E-state index is 5.38. The lowest BCUT2D eigenvalue weighted by atomic mass is 10.1. The van der Waals surface area contributed by atoms with Crippen LogP contribution in [0.3, 0.4) is 0 Å². The van der Waals surface area contributed by atoms with E-state index in [-0.39, 0.29) is 6.04 Å². The predicted octanol–water partition coefficient (Wildman–Crippen LogP) is 4.81. The lowest BCUT2D eigenvalue weighted by Crippen LogP contribution is -2.06. The molecule has 4 heteroatoms. The van der Waals surface area contributed by atoms with E-state index in [0.717, 1.165) is 29.2 Å². The molecule has 1 N–H and O–H groups in total. The molecule has 1 heterocycles. The number of nitrogens with one attached hydrogen (secondary N) is 1. The molecule has 0 fully saturated rings. The number of benzene rings is 1. The highest BCUT2D eigenvalue weighted by Gasteiger charge is 2.13. The van der Waals surface area contributed by atoms with Crippen molar-refractivity contribution >= 4 is 17.0 Å². The fraction of sp³-hybridized carbons (Fsp3) is 0.412. The van der Waals surface area contributed by atoms with Crippen molar-refractivity contribution < 1.29 is 9.47 Å². The summed E-state index contributed by atoms with van der Waals surface area (Å²) in [6.07, 6.45) is 1.09. The monoisotopic (exact) mass is 305 g/mol. The Bertz CT molecular complexity index is 607. The minimum absolute atomic E-state index is 0.270. The van der Waals surface area contributed by atoms with Gasteiger partial charge in [0.05, 0.1) is 20.3 Å². The third kappa shape index (κ3) is 3.50. The van der Waals surface area contributed by atoms with Crippen LogP contribution in [0.2, 0.25) is 0 Å². The van der Waals surface area contributed by atoms with Crippen molar-refractivity contribution in [2.24, 2.45) is 0 Å². The highest BCUT2D eigenvalue weighted by atomic mass is 32.1. The average Bonchev–Trinajstić information content (AvgIpc) is 2.97. The number of anilines is 1. The summed E-state index contributed by atoms with van der Waals surface area (Å²) >= 11 is 1.87. The molecule has 0 aliphatic rings. The number of hydrogen-bond donors (Lipinski definition) is 1.